The molecule has 1 saturated heterocycles. The molecule has 0 aliphatic carbocycles. The molecule has 0 N–H and O–H groups in total. The van der Waals surface area contributed by atoms with Gasteiger partial charge < -0.3 is 9.47 Å². The van der Waals surface area contributed by atoms with Crippen molar-refractivity contribution in [3.05, 3.63) is 0 Å². The molecule has 0 radical (unpaired) electrons. The lowest BCUT2D eigenvalue weighted by Gasteiger charge is -2.21. The number of rotatable bonds is 5. The maximum Gasteiger partial charge on any atom is 0.440 e. The molecule has 1 atom stereocenters. The highest BCUT2D eigenvalue weighted by atomic mass is 17.5. The van der Waals surface area contributed by atoms with E-state index in [4.69, 9.17) is 9.47 Å². The Bertz CT molecular complexity index is 252. The van der Waals surface area contributed by atoms with E-state index in [2.05, 4.69) is 9.78 Å². The predicted octanol–water partition coefficient (Wildman–Crippen LogP) is 2.15. The molecule has 16 heavy (non-hydrogen) atoms. The standard InChI is InChI=1S/C11H20O5/c1-6-7-8(2)13-9(12)11(15-16-11)14-10(3,4)5/h8H,6-7H2,1-5H3. The Balaban J connectivity index is 2.47. The van der Waals surface area contributed by atoms with E-state index in [9.17, 15) is 4.79 Å². The van der Waals surface area contributed by atoms with Gasteiger partial charge in [-0.05, 0) is 34.1 Å². The summed E-state index contributed by atoms with van der Waals surface area (Å²) < 4.78 is 10.5. The summed E-state index contributed by atoms with van der Waals surface area (Å²) in [5.41, 5.74) is -0.538. The third-order valence-electron chi connectivity index (χ3n) is 1.93. The lowest BCUT2D eigenvalue weighted by atomic mass is 10.2. The molecule has 0 aromatic carbocycles. The van der Waals surface area contributed by atoms with Crippen LogP contribution in [0, 0.1) is 0 Å². The second kappa shape index (κ2) is 4.69. The number of ether oxygens (including phenoxy) is 2. The van der Waals surface area contributed by atoms with E-state index < -0.39 is 17.5 Å². The Kier molecular flexibility index (Phi) is 3.93. The molecule has 1 rings (SSSR count). The van der Waals surface area contributed by atoms with Crippen LogP contribution >= 0.6 is 0 Å². The molecule has 1 unspecified atom stereocenters. The number of hydrogen-bond acceptors (Lipinski definition) is 5. The second-order valence-electron chi connectivity index (χ2n) is 4.94. The molecule has 0 aromatic heterocycles. The van der Waals surface area contributed by atoms with Crippen molar-refractivity contribution in [1.29, 1.82) is 0 Å². The molecule has 0 spiro atoms. The van der Waals surface area contributed by atoms with E-state index in [0.717, 1.165) is 12.8 Å². The molecule has 0 aromatic rings. The molecule has 94 valence electrons. The summed E-state index contributed by atoms with van der Waals surface area (Å²) in [4.78, 5) is 20.9. The van der Waals surface area contributed by atoms with E-state index in [1.165, 1.54) is 0 Å². The van der Waals surface area contributed by atoms with Crippen LogP contribution in [0.3, 0.4) is 0 Å². The first kappa shape index (κ1) is 13.4. The molecule has 5 heteroatoms. The summed E-state index contributed by atoms with van der Waals surface area (Å²) >= 11 is 0. The van der Waals surface area contributed by atoms with Crippen LogP contribution in [0.2, 0.25) is 0 Å². The number of carbonyl (C=O) groups excluding carboxylic acids is 1. The predicted molar refractivity (Wildman–Crippen MR) is 56.2 cm³/mol. The Morgan fingerprint density at radius 3 is 2.31 bits per heavy atom. The molecule has 1 heterocycles. The second-order valence-corrected chi connectivity index (χ2v) is 4.94. The van der Waals surface area contributed by atoms with Gasteiger partial charge in [-0.2, -0.15) is 9.78 Å². The van der Waals surface area contributed by atoms with Gasteiger partial charge in [0.1, 0.15) is 0 Å². The monoisotopic (exact) mass is 232 g/mol. The quantitative estimate of drug-likeness (QED) is 0.413. The van der Waals surface area contributed by atoms with E-state index in [0.29, 0.717) is 0 Å². The van der Waals surface area contributed by atoms with Gasteiger partial charge in [-0.25, -0.2) is 4.79 Å². The van der Waals surface area contributed by atoms with Gasteiger partial charge in [-0.15, -0.1) is 0 Å². The normalized spacial score (nSPS) is 20.3. The van der Waals surface area contributed by atoms with Gasteiger partial charge in [0.25, 0.3) is 0 Å². The molecule has 1 fully saturated rings. The molecule has 0 saturated carbocycles. The average molecular weight is 232 g/mol. The first-order chi connectivity index (χ1) is 7.29. The molecule has 0 bridgehead atoms. The van der Waals surface area contributed by atoms with Crippen molar-refractivity contribution in [3.8, 4) is 0 Å². The maximum absolute atomic E-state index is 11.7. The van der Waals surface area contributed by atoms with Crippen LogP contribution in [-0.2, 0) is 24.0 Å². The third-order valence-corrected chi connectivity index (χ3v) is 1.93. The van der Waals surface area contributed by atoms with E-state index in [1.807, 2.05) is 34.6 Å². The molecule has 1 aliphatic rings. The third kappa shape index (κ3) is 3.73. The highest BCUT2D eigenvalue weighted by molar-refractivity contribution is 5.77. The summed E-state index contributed by atoms with van der Waals surface area (Å²) in [6.07, 6.45) is 1.59. The van der Waals surface area contributed by atoms with Crippen LogP contribution in [0.25, 0.3) is 0 Å². The van der Waals surface area contributed by atoms with Gasteiger partial charge in [-0.3, -0.25) is 0 Å². The molecule has 5 nitrogen and oxygen atoms in total. The molecule has 0 amide bonds. The van der Waals surface area contributed by atoms with Crippen LogP contribution in [0.1, 0.15) is 47.5 Å². The minimum absolute atomic E-state index is 0.161. The van der Waals surface area contributed by atoms with Crippen molar-refractivity contribution in [2.45, 2.75) is 65.1 Å². The minimum Gasteiger partial charge on any atom is -0.457 e. The van der Waals surface area contributed by atoms with Crippen LogP contribution in [0.15, 0.2) is 0 Å². The minimum atomic E-state index is -1.64. The summed E-state index contributed by atoms with van der Waals surface area (Å²) in [6.45, 7) is 9.28. The lowest BCUT2D eigenvalue weighted by Crippen LogP contribution is -2.38. The van der Waals surface area contributed by atoms with Crippen molar-refractivity contribution >= 4 is 5.97 Å². The molecular formula is C11H20O5. The SMILES string of the molecule is CCCC(C)OC(=O)C1(OC(C)(C)C)OO1. The van der Waals surface area contributed by atoms with Gasteiger partial charge in [0.2, 0.25) is 0 Å². The van der Waals surface area contributed by atoms with Crippen LogP contribution in [-0.4, -0.2) is 23.6 Å². The maximum atomic E-state index is 11.7. The fraction of sp³-hybridized carbons (Fsp3) is 0.909. The molecular weight excluding hydrogens is 212 g/mol. The highest BCUT2D eigenvalue weighted by Gasteiger charge is 2.63. The fourth-order valence-electron chi connectivity index (χ4n) is 1.31. The van der Waals surface area contributed by atoms with Crippen molar-refractivity contribution in [2.75, 3.05) is 0 Å². The Morgan fingerprint density at radius 2 is 1.94 bits per heavy atom. The number of esters is 1. The Hall–Kier alpha value is -0.650. The Labute approximate surface area is 95.9 Å². The zero-order chi connectivity index (χ0) is 12.4. The first-order valence-electron chi connectivity index (χ1n) is 5.57. The van der Waals surface area contributed by atoms with Gasteiger partial charge in [-0.1, -0.05) is 13.3 Å². The largest absolute Gasteiger partial charge is 0.457 e. The van der Waals surface area contributed by atoms with Crippen molar-refractivity contribution in [3.63, 3.8) is 0 Å². The van der Waals surface area contributed by atoms with E-state index >= 15 is 0 Å². The van der Waals surface area contributed by atoms with Crippen molar-refractivity contribution < 1.29 is 24.0 Å². The van der Waals surface area contributed by atoms with Crippen molar-refractivity contribution in [2.24, 2.45) is 0 Å². The van der Waals surface area contributed by atoms with Gasteiger partial charge >= 0.3 is 11.9 Å². The summed E-state index contributed by atoms with van der Waals surface area (Å²) in [7, 11) is 0. The van der Waals surface area contributed by atoms with Crippen LogP contribution < -0.4 is 0 Å². The summed E-state index contributed by atoms with van der Waals surface area (Å²) in [5.74, 6) is -2.26. The first-order valence-corrected chi connectivity index (χ1v) is 5.57. The zero-order valence-electron chi connectivity index (χ0n) is 10.5. The average Bonchev–Trinajstić information content (AvgIpc) is 2.82. The Morgan fingerprint density at radius 1 is 1.38 bits per heavy atom. The molecule has 1 aliphatic heterocycles. The summed E-state index contributed by atoms with van der Waals surface area (Å²) in [5, 5.41) is 0. The number of carbonyl (C=O) groups is 1. The fourth-order valence-corrected chi connectivity index (χ4v) is 1.31. The lowest BCUT2D eigenvalue weighted by molar-refractivity contribution is -0.198. The smallest absolute Gasteiger partial charge is 0.440 e. The summed E-state index contributed by atoms with van der Waals surface area (Å²) in [6, 6.07) is 0. The zero-order valence-corrected chi connectivity index (χ0v) is 10.5. The van der Waals surface area contributed by atoms with Gasteiger partial charge in [0, 0.05) is 0 Å². The van der Waals surface area contributed by atoms with Gasteiger partial charge in [0.15, 0.2) is 0 Å². The van der Waals surface area contributed by atoms with E-state index in [-0.39, 0.29) is 6.10 Å². The van der Waals surface area contributed by atoms with Crippen LogP contribution in [0.5, 0.6) is 0 Å². The topological polar surface area (TPSA) is 60.6 Å². The van der Waals surface area contributed by atoms with Crippen LogP contribution in [0.4, 0.5) is 0 Å². The van der Waals surface area contributed by atoms with E-state index in [1.54, 1.807) is 0 Å². The highest BCUT2D eigenvalue weighted by Crippen LogP contribution is 2.36. The number of hydrogen-bond donors (Lipinski definition) is 0. The van der Waals surface area contributed by atoms with Gasteiger partial charge in [0.05, 0.1) is 11.7 Å². The van der Waals surface area contributed by atoms with Crippen molar-refractivity contribution in [1.82, 2.24) is 0 Å².